The van der Waals surface area contributed by atoms with Crippen molar-refractivity contribution in [3.8, 4) is 0 Å². The average molecular weight is 333 g/mol. The van der Waals surface area contributed by atoms with E-state index in [1.807, 2.05) is 18.3 Å². The summed E-state index contributed by atoms with van der Waals surface area (Å²) in [6, 6.07) is 8.97. The van der Waals surface area contributed by atoms with Crippen LogP contribution in [0.2, 0.25) is 5.02 Å². The lowest BCUT2D eigenvalue weighted by Crippen LogP contribution is -2.30. The molecule has 2 heterocycles. The van der Waals surface area contributed by atoms with Crippen molar-refractivity contribution in [1.29, 1.82) is 0 Å². The fourth-order valence-electron chi connectivity index (χ4n) is 4.01. The summed E-state index contributed by atoms with van der Waals surface area (Å²) in [4.78, 5) is 6.81. The molecule has 1 aromatic carbocycles. The summed E-state index contributed by atoms with van der Waals surface area (Å²) in [5.41, 5.74) is 2.98. The van der Waals surface area contributed by atoms with Gasteiger partial charge >= 0.3 is 0 Å². The fourth-order valence-corrected chi connectivity index (χ4v) is 4.12. The Hall–Kier alpha value is -1.65. The Bertz CT molecular complexity index is 754. The number of halogens is 2. The number of nitrogens with zero attached hydrogens (tertiary/aromatic N) is 2. The molecule has 2 aromatic rings. The van der Waals surface area contributed by atoms with Gasteiger partial charge in [-0.1, -0.05) is 11.6 Å². The summed E-state index contributed by atoms with van der Waals surface area (Å²) in [6.45, 7) is 0.806. The van der Waals surface area contributed by atoms with Gasteiger partial charge in [-0.05, 0) is 49.6 Å². The standard InChI is InChI=1S/C18H18ClFN2O/c1-23-13-6-7-18(10-13)11-22(16-3-2-8-21-17(16)18)12-4-5-14(19)15(20)9-12/h2-5,8-9,13H,6-7,10-11H2,1H3/t13-,18?/m0/s1. The molecule has 1 fully saturated rings. The molecule has 2 atom stereocenters. The number of benzene rings is 1. The second-order valence-electron chi connectivity index (χ2n) is 6.44. The molecule has 1 aromatic heterocycles. The lowest BCUT2D eigenvalue weighted by atomic mass is 9.84. The molecule has 5 heteroatoms. The van der Waals surface area contributed by atoms with E-state index in [1.165, 1.54) is 6.07 Å². The molecule has 4 rings (SSSR count). The van der Waals surface area contributed by atoms with Gasteiger partial charge in [0.1, 0.15) is 5.82 Å². The van der Waals surface area contributed by atoms with Crippen LogP contribution in [0, 0.1) is 5.82 Å². The molecule has 1 spiro atoms. The first kappa shape index (κ1) is 14.9. The molecule has 0 amide bonds. The molecule has 0 saturated heterocycles. The topological polar surface area (TPSA) is 25.4 Å². The zero-order valence-electron chi connectivity index (χ0n) is 12.9. The predicted molar refractivity (Wildman–Crippen MR) is 89.0 cm³/mol. The van der Waals surface area contributed by atoms with E-state index in [2.05, 4.69) is 16.0 Å². The Kier molecular flexibility index (Phi) is 3.54. The molecule has 1 unspecified atom stereocenters. The van der Waals surface area contributed by atoms with Crippen molar-refractivity contribution >= 4 is 23.0 Å². The van der Waals surface area contributed by atoms with Gasteiger partial charge in [0.15, 0.2) is 0 Å². The van der Waals surface area contributed by atoms with Gasteiger partial charge in [0.25, 0.3) is 0 Å². The lowest BCUT2D eigenvalue weighted by molar-refractivity contribution is 0.103. The Labute approximate surface area is 140 Å². The minimum absolute atomic E-state index is 0.00657. The van der Waals surface area contributed by atoms with E-state index in [-0.39, 0.29) is 16.5 Å². The highest BCUT2D eigenvalue weighted by molar-refractivity contribution is 6.30. The number of rotatable bonds is 2. The van der Waals surface area contributed by atoms with Gasteiger partial charge in [-0.3, -0.25) is 4.98 Å². The van der Waals surface area contributed by atoms with E-state index in [1.54, 1.807) is 13.2 Å². The molecule has 3 nitrogen and oxygen atoms in total. The second-order valence-corrected chi connectivity index (χ2v) is 6.84. The van der Waals surface area contributed by atoms with Gasteiger partial charge < -0.3 is 9.64 Å². The lowest BCUT2D eigenvalue weighted by Gasteiger charge is -2.25. The number of ether oxygens (including phenoxy) is 1. The van der Waals surface area contributed by atoms with E-state index >= 15 is 0 Å². The highest BCUT2D eigenvalue weighted by atomic mass is 35.5. The quantitative estimate of drug-likeness (QED) is 0.811. The molecular formula is C18H18ClFN2O. The van der Waals surface area contributed by atoms with Crippen molar-refractivity contribution in [2.45, 2.75) is 30.8 Å². The van der Waals surface area contributed by atoms with Crippen LogP contribution in [0.5, 0.6) is 0 Å². The summed E-state index contributed by atoms with van der Waals surface area (Å²) < 4.78 is 19.5. The highest BCUT2D eigenvalue weighted by Crippen LogP contribution is 2.52. The normalized spacial score (nSPS) is 26.0. The van der Waals surface area contributed by atoms with E-state index < -0.39 is 5.82 Å². The van der Waals surface area contributed by atoms with Crippen LogP contribution in [0.3, 0.4) is 0 Å². The van der Waals surface area contributed by atoms with Crippen LogP contribution in [0.25, 0.3) is 0 Å². The van der Waals surface area contributed by atoms with Gasteiger partial charge in [-0.2, -0.15) is 0 Å². The third kappa shape index (κ3) is 2.32. The predicted octanol–water partition coefficient (Wildman–Crippen LogP) is 4.46. The van der Waals surface area contributed by atoms with Crippen LogP contribution in [0.4, 0.5) is 15.8 Å². The van der Waals surface area contributed by atoms with Gasteiger partial charge in [-0.15, -0.1) is 0 Å². The summed E-state index contributed by atoms with van der Waals surface area (Å²) in [5, 5.41) is 0.148. The minimum Gasteiger partial charge on any atom is -0.381 e. The highest BCUT2D eigenvalue weighted by Gasteiger charge is 2.49. The van der Waals surface area contributed by atoms with Crippen molar-refractivity contribution in [3.05, 3.63) is 53.1 Å². The first-order chi connectivity index (χ1) is 11.1. The zero-order valence-corrected chi connectivity index (χ0v) is 13.7. The molecule has 0 N–H and O–H groups in total. The van der Waals surface area contributed by atoms with Crippen LogP contribution >= 0.6 is 11.6 Å². The van der Waals surface area contributed by atoms with E-state index in [0.717, 1.165) is 42.9 Å². The first-order valence-electron chi connectivity index (χ1n) is 7.84. The van der Waals surface area contributed by atoms with Crippen LogP contribution < -0.4 is 4.90 Å². The smallest absolute Gasteiger partial charge is 0.143 e. The molecule has 23 heavy (non-hydrogen) atoms. The number of fused-ring (bicyclic) bond motifs is 2. The van der Waals surface area contributed by atoms with Crippen LogP contribution in [-0.2, 0) is 10.2 Å². The summed E-state index contributed by atoms with van der Waals surface area (Å²) in [5.74, 6) is -0.392. The SMILES string of the molecule is CO[C@H]1CCC2(C1)CN(c1ccc(Cl)c(F)c1)c1cccnc12. The van der Waals surface area contributed by atoms with Gasteiger partial charge in [-0.25, -0.2) is 4.39 Å². The Balaban J connectivity index is 1.77. The van der Waals surface area contributed by atoms with Crippen molar-refractivity contribution in [2.24, 2.45) is 0 Å². The maximum absolute atomic E-state index is 13.9. The van der Waals surface area contributed by atoms with Crippen molar-refractivity contribution in [2.75, 3.05) is 18.6 Å². The van der Waals surface area contributed by atoms with E-state index in [0.29, 0.717) is 0 Å². The average Bonchev–Trinajstić information content (AvgIpc) is 3.13. The number of hydrogen-bond donors (Lipinski definition) is 0. The van der Waals surface area contributed by atoms with Crippen molar-refractivity contribution in [3.63, 3.8) is 0 Å². The maximum atomic E-state index is 13.9. The van der Waals surface area contributed by atoms with Crippen molar-refractivity contribution in [1.82, 2.24) is 4.98 Å². The minimum atomic E-state index is -0.392. The molecule has 0 bridgehead atoms. The molecule has 1 aliphatic carbocycles. The van der Waals surface area contributed by atoms with Crippen molar-refractivity contribution < 1.29 is 9.13 Å². The molecule has 2 aliphatic rings. The summed E-state index contributed by atoms with van der Waals surface area (Å²) >= 11 is 5.82. The largest absolute Gasteiger partial charge is 0.381 e. The number of anilines is 2. The third-order valence-electron chi connectivity index (χ3n) is 5.15. The monoisotopic (exact) mass is 332 g/mol. The summed E-state index contributed by atoms with van der Waals surface area (Å²) in [7, 11) is 1.77. The number of aromatic nitrogens is 1. The fraction of sp³-hybridized carbons (Fsp3) is 0.389. The molecule has 1 aliphatic heterocycles. The Morgan fingerprint density at radius 3 is 3.00 bits per heavy atom. The summed E-state index contributed by atoms with van der Waals surface area (Å²) in [6.07, 6.45) is 5.15. The first-order valence-corrected chi connectivity index (χ1v) is 8.22. The number of pyridine rings is 1. The van der Waals surface area contributed by atoms with E-state index in [4.69, 9.17) is 16.3 Å². The number of methoxy groups -OCH3 is 1. The van der Waals surface area contributed by atoms with Crippen LogP contribution in [0.15, 0.2) is 36.5 Å². The maximum Gasteiger partial charge on any atom is 0.143 e. The van der Waals surface area contributed by atoms with Gasteiger partial charge in [0, 0.05) is 31.0 Å². The van der Waals surface area contributed by atoms with Gasteiger partial charge in [0.05, 0.1) is 22.5 Å². The second kappa shape index (κ2) is 5.46. The van der Waals surface area contributed by atoms with E-state index in [9.17, 15) is 4.39 Å². The Morgan fingerprint density at radius 2 is 2.26 bits per heavy atom. The molecular weight excluding hydrogens is 315 g/mol. The third-order valence-corrected chi connectivity index (χ3v) is 5.46. The molecule has 120 valence electrons. The molecule has 0 radical (unpaired) electrons. The van der Waals surface area contributed by atoms with Crippen LogP contribution in [0.1, 0.15) is 25.0 Å². The Morgan fingerprint density at radius 1 is 1.39 bits per heavy atom. The number of hydrogen-bond acceptors (Lipinski definition) is 3. The van der Waals surface area contributed by atoms with Gasteiger partial charge in [0.2, 0.25) is 0 Å². The zero-order chi connectivity index (χ0) is 16.0. The molecule has 1 saturated carbocycles. The van der Waals surface area contributed by atoms with Crippen LogP contribution in [-0.4, -0.2) is 24.7 Å².